The molecule has 0 unspecified atom stereocenters. The molecule has 1 N–H and O–H groups in total. The van der Waals surface area contributed by atoms with Crippen molar-refractivity contribution in [3.05, 3.63) is 62.2 Å². The number of likely N-dealkylation sites (N-methyl/N-ethyl adjacent to an activating group) is 1. The van der Waals surface area contributed by atoms with Crippen LogP contribution in [-0.2, 0) is 17.8 Å². The van der Waals surface area contributed by atoms with E-state index in [1.807, 2.05) is 24.4 Å². The molecule has 1 aromatic carbocycles. The summed E-state index contributed by atoms with van der Waals surface area (Å²) >= 11 is 1.65. The lowest BCUT2D eigenvalue weighted by atomic mass is 10.1. The molecule has 0 spiro atoms. The quantitative estimate of drug-likeness (QED) is 0.800. The zero-order valence-electron chi connectivity index (χ0n) is 13.0. The smallest absolute Gasteiger partial charge is 0.272 e. The number of benzene rings is 1. The molecule has 0 saturated carbocycles. The summed E-state index contributed by atoms with van der Waals surface area (Å²) in [5.74, 6) is -0.0255. The summed E-state index contributed by atoms with van der Waals surface area (Å²) < 4.78 is 0. The number of fused-ring (bicyclic) bond motifs is 1. The lowest BCUT2D eigenvalue weighted by Crippen LogP contribution is -2.28. The molecule has 3 rings (SSSR count). The fourth-order valence-corrected chi connectivity index (χ4v) is 3.41. The van der Waals surface area contributed by atoms with Crippen molar-refractivity contribution in [3.8, 4) is 0 Å². The van der Waals surface area contributed by atoms with Gasteiger partial charge in [-0.3, -0.25) is 9.59 Å². The maximum atomic E-state index is 12.5. The number of nitrogens with zero attached hydrogens (tertiary/aromatic N) is 2. The van der Waals surface area contributed by atoms with Gasteiger partial charge in [-0.05, 0) is 30.0 Å². The second-order valence-corrected chi connectivity index (χ2v) is 6.50. The molecule has 0 aliphatic rings. The number of carbonyl (C=O) groups excluding carboxylic acids is 1. The Bertz CT molecular complexity index is 913. The third-order valence-electron chi connectivity index (χ3n) is 3.87. The number of thiophene rings is 1. The van der Waals surface area contributed by atoms with Crippen molar-refractivity contribution in [2.75, 3.05) is 7.05 Å². The minimum Gasteiger partial charge on any atom is -0.340 e. The lowest BCUT2D eigenvalue weighted by Gasteiger charge is -2.17. The maximum absolute atomic E-state index is 12.5. The Balaban J connectivity index is 1.82. The summed E-state index contributed by atoms with van der Waals surface area (Å²) in [6, 6.07) is 9.26. The van der Waals surface area contributed by atoms with E-state index in [9.17, 15) is 9.59 Å². The van der Waals surface area contributed by atoms with Crippen LogP contribution in [0.2, 0.25) is 0 Å². The van der Waals surface area contributed by atoms with Gasteiger partial charge in [-0.2, -0.15) is 5.10 Å². The van der Waals surface area contributed by atoms with Crippen LogP contribution in [0, 0.1) is 6.92 Å². The molecule has 0 aliphatic carbocycles. The molecule has 0 bridgehead atoms. The molecule has 0 radical (unpaired) electrons. The Morgan fingerprint density at radius 2 is 2.00 bits per heavy atom. The summed E-state index contributed by atoms with van der Waals surface area (Å²) in [5.41, 5.74) is 1.56. The van der Waals surface area contributed by atoms with Gasteiger partial charge in [-0.25, -0.2) is 5.10 Å². The lowest BCUT2D eigenvalue weighted by molar-refractivity contribution is -0.129. The molecule has 2 aromatic heterocycles. The average molecular weight is 327 g/mol. The molecule has 6 heteroatoms. The van der Waals surface area contributed by atoms with E-state index in [1.165, 1.54) is 10.4 Å². The molecular weight excluding hydrogens is 310 g/mol. The van der Waals surface area contributed by atoms with Gasteiger partial charge in [0.25, 0.3) is 5.56 Å². The number of aryl methyl sites for hydroxylation is 1. The summed E-state index contributed by atoms with van der Waals surface area (Å²) in [5, 5.41) is 9.84. The first kappa shape index (κ1) is 15.4. The number of nitrogens with one attached hydrogen (secondary N) is 1. The minimum absolute atomic E-state index is 0.0255. The number of aromatic nitrogens is 2. The van der Waals surface area contributed by atoms with Crippen molar-refractivity contribution >= 4 is 28.0 Å². The highest BCUT2D eigenvalue weighted by Gasteiger charge is 2.15. The van der Waals surface area contributed by atoms with Gasteiger partial charge in [-0.1, -0.05) is 18.2 Å². The predicted molar refractivity (Wildman–Crippen MR) is 91.6 cm³/mol. The van der Waals surface area contributed by atoms with Crippen molar-refractivity contribution in [1.82, 2.24) is 15.1 Å². The molecule has 5 nitrogen and oxygen atoms in total. The van der Waals surface area contributed by atoms with Crippen molar-refractivity contribution < 1.29 is 4.79 Å². The van der Waals surface area contributed by atoms with Crippen LogP contribution in [0.25, 0.3) is 10.8 Å². The fraction of sp³-hybridized carbons (Fsp3) is 0.235. The molecule has 118 valence electrons. The molecule has 0 aliphatic heterocycles. The molecule has 0 saturated heterocycles. The Morgan fingerprint density at radius 3 is 2.70 bits per heavy atom. The van der Waals surface area contributed by atoms with Crippen LogP contribution < -0.4 is 5.56 Å². The van der Waals surface area contributed by atoms with Gasteiger partial charge in [0.2, 0.25) is 5.91 Å². The van der Waals surface area contributed by atoms with Gasteiger partial charge in [0.15, 0.2) is 0 Å². The van der Waals surface area contributed by atoms with E-state index >= 15 is 0 Å². The highest BCUT2D eigenvalue weighted by atomic mass is 32.1. The highest BCUT2D eigenvalue weighted by molar-refractivity contribution is 7.10. The number of aromatic amines is 1. The van der Waals surface area contributed by atoms with E-state index in [-0.39, 0.29) is 17.9 Å². The van der Waals surface area contributed by atoms with Crippen molar-refractivity contribution in [2.24, 2.45) is 0 Å². The van der Waals surface area contributed by atoms with Gasteiger partial charge < -0.3 is 4.90 Å². The van der Waals surface area contributed by atoms with E-state index in [4.69, 9.17) is 0 Å². The van der Waals surface area contributed by atoms with E-state index in [0.717, 1.165) is 5.39 Å². The Morgan fingerprint density at radius 1 is 1.26 bits per heavy atom. The number of carbonyl (C=O) groups is 1. The first-order valence-corrected chi connectivity index (χ1v) is 8.17. The third kappa shape index (κ3) is 3.17. The van der Waals surface area contributed by atoms with Crippen molar-refractivity contribution in [1.29, 1.82) is 0 Å². The van der Waals surface area contributed by atoms with E-state index < -0.39 is 0 Å². The Kier molecular flexibility index (Phi) is 4.25. The normalized spacial score (nSPS) is 10.9. The summed E-state index contributed by atoms with van der Waals surface area (Å²) in [6.07, 6.45) is 0.165. The van der Waals surface area contributed by atoms with E-state index in [2.05, 4.69) is 16.3 Å². The van der Waals surface area contributed by atoms with Crippen molar-refractivity contribution in [3.63, 3.8) is 0 Å². The number of hydrogen-bond donors (Lipinski definition) is 1. The summed E-state index contributed by atoms with van der Waals surface area (Å²) in [7, 11) is 1.79. The van der Waals surface area contributed by atoms with Crippen LogP contribution in [0.1, 0.15) is 16.1 Å². The van der Waals surface area contributed by atoms with Gasteiger partial charge in [-0.15, -0.1) is 11.3 Å². The van der Waals surface area contributed by atoms with Crippen LogP contribution in [0.15, 0.2) is 40.5 Å². The van der Waals surface area contributed by atoms with Gasteiger partial charge in [0.1, 0.15) is 0 Å². The molecule has 2 heterocycles. The van der Waals surface area contributed by atoms with E-state index in [0.29, 0.717) is 17.6 Å². The molecule has 0 fully saturated rings. The molecule has 1 amide bonds. The average Bonchev–Trinajstić information content (AvgIpc) is 2.95. The monoisotopic (exact) mass is 327 g/mol. The van der Waals surface area contributed by atoms with Gasteiger partial charge in [0.05, 0.1) is 24.0 Å². The minimum atomic E-state index is -0.237. The third-order valence-corrected chi connectivity index (χ3v) is 4.88. The van der Waals surface area contributed by atoms with E-state index in [1.54, 1.807) is 35.4 Å². The van der Waals surface area contributed by atoms with Crippen LogP contribution in [0.3, 0.4) is 0 Å². The van der Waals surface area contributed by atoms with Gasteiger partial charge in [0, 0.05) is 17.3 Å². The number of rotatable bonds is 4. The topological polar surface area (TPSA) is 66.1 Å². The second kappa shape index (κ2) is 6.34. The van der Waals surface area contributed by atoms with Crippen LogP contribution in [-0.4, -0.2) is 28.1 Å². The fourth-order valence-electron chi connectivity index (χ4n) is 2.45. The molecule has 3 aromatic rings. The summed E-state index contributed by atoms with van der Waals surface area (Å²) in [6.45, 7) is 2.63. The Labute approximate surface area is 137 Å². The predicted octanol–water partition coefficient (Wildman–Crippen LogP) is 2.49. The van der Waals surface area contributed by atoms with Gasteiger partial charge >= 0.3 is 0 Å². The maximum Gasteiger partial charge on any atom is 0.272 e. The molecule has 0 atom stereocenters. The number of hydrogen-bond acceptors (Lipinski definition) is 4. The Hall–Kier alpha value is -2.47. The standard InChI is InChI=1S/C17H17N3O2S/c1-11-7-8-23-15(11)10-20(2)16(21)9-14-12-5-3-4-6-13(12)17(22)19-18-14/h3-8H,9-10H2,1-2H3,(H,19,22). The largest absolute Gasteiger partial charge is 0.340 e. The number of H-pyrrole nitrogens is 1. The molecule has 23 heavy (non-hydrogen) atoms. The van der Waals surface area contributed by atoms with Crippen molar-refractivity contribution in [2.45, 2.75) is 19.9 Å². The second-order valence-electron chi connectivity index (χ2n) is 5.50. The summed E-state index contributed by atoms with van der Waals surface area (Å²) in [4.78, 5) is 27.1. The zero-order valence-corrected chi connectivity index (χ0v) is 13.8. The molecular formula is C17H17N3O2S. The van der Waals surface area contributed by atoms with Crippen LogP contribution >= 0.6 is 11.3 Å². The first-order valence-electron chi connectivity index (χ1n) is 7.29. The highest BCUT2D eigenvalue weighted by Crippen LogP contribution is 2.18. The van der Waals surface area contributed by atoms with Crippen LogP contribution in [0.4, 0.5) is 0 Å². The zero-order chi connectivity index (χ0) is 16.4. The number of amides is 1. The van der Waals surface area contributed by atoms with Crippen LogP contribution in [0.5, 0.6) is 0 Å². The SMILES string of the molecule is Cc1ccsc1CN(C)C(=O)Cc1n[nH]c(=O)c2ccccc12. The first-order chi connectivity index (χ1) is 11.1.